The molecule has 0 saturated carbocycles. The number of benzene rings is 4. The minimum absolute atomic E-state index is 0.105. The summed E-state index contributed by atoms with van der Waals surface area (Å²) in [5.41, 5.74) is 2.24. The van der Waals surface area contributed by atoms with Crippen molar-refractivity contribution in [2.75, 3.05) is 38.2 Å². The Labute approximate surface area is 300 Å². The molecule has 13 nitrogen and oxygen atoms in total. The molecule has 5 aromatic rings. The van der Waals surface area contributed by atoms with Crippen LogP contribution in [0.3, 0.4) is 0 Å². The number of nitrogens with one attached hydrogen (secondary N) is 3. The summed E-state index contributed by atoms with van der Waals surface area (Å²) >= 11 is 0. The molecule has 2 heterocycles. The molecule has 1 aliphatic rings. The fraction of sp³-hybridized carbons (Fsp3) is 0.256. The van der Waals surface area contributed by atoms with Gasteiger partial charge in [0, 0.05) is 18.2 Å². The van der Waals surface area contributed by atoms with E-state index in [4.69, 9.17) is 23.9 Å². The summed E-state index contributed by atoms with van der Waals surface area (Å²) in [4.78, 5) is 20.0. The van der Waals surface area contributed by atoms with Gasteiger partial charge >= 0.3 is 0 Å². The van der Waals surface area contributed by atoms with Gasteiger partial charge in [-0.2, -0.15) is 0 Å². The second kappa shape index (κ2) is 18.5. The van der Waals surface area contributed by atoms with Gasteiger partial charge in [-0.15, -0.1) is 0 Å². The molecule has 272 valence electrons. The van der Waals surface area contributed by atoms with Crippen LogP contribution in [0.25, 0.3) is 0 Å². The number of anilines is 1. The van der Waals surface area contributed by atoms with Crippen LogP contribution < -0.4 is 25.4 Å². The third-order valence-electron chi connectivity index (χ3n) is 8.37. The molecule has 1 aliphatic heterocycles. The van der Waals surface area contributed by atoms with E-state index in [2.05, 4.69) is 21.1 Å². The molecular formula is C39H42N4O9. The van der Waals surface area contributed by atoms with E-state index >= 15 is 0 Å². The van der Waals surface area contributed by atoms with Crippen molar-refractivity contribution in [3.05, 3.63) is 137 Å². The van der Waals surface area contributed by atoms with Crippen molar-refractivity contribution >= 4 is 18.1 Å². The van der Waals surface area contributed by atoms with Crippen LogP contribution in [0.4, 0.5) is 5.69 Å². The SMILES string of the molecule is O=C1COc2c(C(O)CNCCc3ccc(OCCCNCc4cc(C(O)(c5ccccc5)c5ccccc5)no4)cc3)ccc(O)c2N1.O=CO. The summed E-state index contributed by atoms with van der Waals surface area (Å²) < 4.78 is 17.0. The first-order valence-corrected chi connectivity index (χ1v) is 16.8. The van der Waals surface area contributed by atoms with Crippen molar-refractivity contribution in [3.8, 4) is 17.2 Å². The van der Waals surface area contributed by atoms with E-state index < -0.39 is 11.7 Å². The molecule has 0 bridgehead atoms. The second-order valence-electron chi connectivity index (χ2n) is 11.9. The van der Waals surface area contributed by atoms with Crippen molar-refractivity contribution in [1.82, 2.24) is 15.8 Å². The minimum atomic E-state index is -1.43. The van der Waals surface area contributed by atoms with Gasteiger partial charge in [0.2, 0.25) is 0 Å². The highest BCUT2D eigenvalue weighted by molar-refractivity contribution is 5.97. The number of rotatable bonds is 16. The summed E-state index contributed by atoms with van der Waals surface area (Å²) in [6, 6.07) is 31.7. The highest BCUT2D eigenvalue weighted by Gasteiger charge is 2.37. The van der Waals surface area contributed by atoms with Gasteiger partial charge in [-0.1, -0.05) is 78.0 Å². The van der Waals surface area contributed by atoms with E-state index in [-0.39, 0.29) is 37.0 Å². The maximum Gasteiger partial charge on any atom is 0.290 e. The highest BCUT2D eigenvalue weighted by atomic mass is 16.5. The van der Waals surface area contributed by atoms with Gasteiger partial charge in [-0.05, 0) is 66.9 Å². The summed E-state index contributed by atoms with van der Waals surface area (Å²) in [5.74, 6) is 1.25. The molecule has 1 aromatic heterocycles. The van der Waals surface area contributed by atoms with Crippen molar-refractivity contribution in [1.29, 1.82) is 0 Å². The van der Waals surface area contributed by atoms with E-state index in [0.717, 1.165) is 24.2 Å². The number of carbonyl (C=O) groups excluding carboxylic acids is 1. The predicted molar refractivity (Wildman–Crippen MR) is 192 cm³/mol. The summed E-state index contributed by atoms with van der Waals surface area (Å²) in [6.45, 7) is 2.24. The molecule has 0 radical (unpaired) electrons. The number of aliphatic hydroxyl groups excluding tert-OH is 1. The van der Waals surface area contributed by atoms with Gasteiger partial charge < -0.3 is 50.4 Å². The number of amides is 1. The third kappa shape index (κ3) is 9.53. The molecule has 1 unspecified atom stereocenters. The summed E-state index contributed by atoms with van der Waals surface area (Å²) in [6.07, 6.45) is 0.672. The zero-order chi connectivity index (χ0) is 36.8. The first kappa shape index (κ1) is 37.5. The van der Waals surface area contributed by atoms with E-state index in [1.807, 2.05) is 84.9 Å². The molecule has 0 aliphatic carbocycles. The van der Waals surface area contributed by atoms with Gasteiger partial charge in [0.15, 0.2) is 23.7 Å². The topological polar surface area (TPSA) is 196 Å². The number of phenols is 1. The van der Waals surface area contributed by atoms with Crippen LogP contribution >= 0.6 is 0 Å². The van der Waals surface area contributed by atoms with Gasteiger partial charge in [-0.25, -0.2) is 0 Å². The number of hydrogen-bond donors (Lipinski definition) is 7. The molecule has 0 saturated heterocycles. The van der Waals surface area contributed by atoms with Gasteiger partial charge in [0.1, 0.15) is 22.9 Å². The van der Waals surface area contributed by atoms with Crippen molar-refractivity contribution in [3.63, 3.8) is 0 Å². The first-order valence-electron chi connectivity index (χ1n) is 16.8. The maximum absolute atomic E-state index is 11.9. The number of ether oxygens (including phenoxy) is 2. The van der Waals surface area contributed by atoms with Crippen molar-refractivity contribution in [2.24, 2.45) is 0 Å². The lowest BCUT2D eigenvalue weighted by Crippen LogP contribution is -2.29. The molecule has 6 rings (SSSR count). The van der Waals surface area contributed by atoms with Gasteiger partial charge in [0.25, 0.3) is 12.4 Å². The standard InChI is InChI=1S/C38H40N4O7.CH2O2/c43-32-17-16-31(37-36(32)41-35(45)25-48-37)33(44)24-40-20-18-26-12-14-29(15-13-26)47-21-7-19-39-23-30-22-34(42-49-30)38(46,27-8-3-1-4-9-27)28-10-5-2-6-11-28;2-1-3/h1-6,8-17,22,33,39-40,43-44,46H,7,18-21,23-25H2,(H,41,45);1H,(H,2,3). The Morgan fingerprint density at radius 2 is 1.62 bits per heavy atom. The number of hydrogen-bond acceptors (Lipinski definition) is 11. The van der Waals surface area contributed by atoms with Crippen LogP contribution in [-0.2, 0) is 28.2 Å². The fourth-order valence-corrected chi connectivity index (χ4v) is 5.76. The predicted octanol–water partition coefficient (Wildman–Crippen LogP) is 4.12. The molecule has 13 heteroatoms. The molecular weight excluding hydrogens is 668 g/mol. The smallest absolute Gasteiger partial charge is 0.290 e. The molecule has 7 N–H and O–H groups in total. The van der Waals surface area contributed by atoms with E-state index in [1.54, 1.807) is 12.1 Å². The van der Waals surface area contributed by atoms with Gasteiger partial charge in [0.05, 0.1) is 19.3 Å². The number of phenolic OH excluding ortho intramolecular Hbond substituents is 1. The highest BCUT2D eigenvalue weighted by Crippen LogP contribution is 2.41. The zero-order valence-electron chi connectivity index (χ0n) is 28.4. The summed E-state index contributed by atoms with van der Waals surface area (Å²) in [7, 11) is 0. The van der Waals surface area contributed by atoms with Crippen LogP contribution in [0.2, 0.25) is 0 Å². The fourth-order valence-electron chi connectivity index (χ4n) is 5.76. The number of carboxylic acid groups (broad SMARTS) is 1. The molecule has 0 fully saturated rings. The van der Waals surface area contributed by atoms with Crippen molar-refractivity contribution in [2.45, 2.75) is 31.1 Å². The lowest BCUT2D eigenvalue weighted by atomic mass is 9.83. The number of aromatic hydroxyl groups is 1. The van der Waals surface area contributed by atoms with Crippen LogP contribution in [0.15, 0.2) is 108 Å². The van der Waals surface area contributed by atoms with E-state index in [1.165, 1.54) is 6.07 Å². The monoisotopic (exact) mass is 710 g/mol. The molecule has 1 atom stereocenters. The molecule has 52 heavy (non-hydrogen) atoms. The average Bonchev–Trinajstić information content (AvgIpc) is 3.66. The number of aromatic nitrogens is 1. The van der Waals surface area contributed by atoms with Crippen LogP contribution in [0, 0.1) is 0 Å². The minimum Gasteiger partial charge on any atom is -0.506 e. The largest absolute Gasteiger partial charge is 0.506 e. The lowest BCUT2D eigenvalue weighted by molar-refractivity contribution is -0.123. The Kier molecular flexibility index (Phi) is 13.3. The Hall–Kier alpha value is -5.73. The molecule has 1 amide bonds. The normalized spacial score (nSPS) is 12.8. The Morgan fingerprint density at radius 3 is 2.29 bits per heavy atom. The average molecular weight is 711 g/mol. The summed E-state index contributed by atoms with van der Waals surface area (Å²) in [5, 5.41) is 52.9. The zero-order valence-corrected chi connectivity index (χ0v) is 28.4. The number of carbonyl (C=O) groups is 2. The third-order valence-corrected chi connectivity index (χ3v) is 8.37. The van der Waals surface area contributed by atoms with Crippen molar-refractivity contribution < 1.29 is 44.0 Å². The first-order chi connectivity index (χ1) is 25.3. The quantitative estimate of drug-likeness (QED) is 0.0441. The van der Waals surface area contributed by atoms with Crippen LogP contribution in [0.5, 0.6) is 17.2 Å². The number of nitrogens with zero attached hydrogens (tertiary/aromatic N) is 1. The number of aliphatic hydroxyl groups is 2. The van der Waals surface area contributed by atoms with E-state index in [0.29, 0.717) is 60.1 Å². The Morgan fingerprint density at radius 1 is 0.942 bits per heavy atom. The molecule has 4 aromatic carbocycles. The maximum atomic E-state index is 11.9. The van der Waals surface area contributed by atoms with E-state index in [9.17, 15) is 20.1 Å². The Balaban J connectivity index is 0.00000168. The van der Waals surface area contributed by atoms with Gasteiger partial charge in [-0.3, -0.25) is 9.59 Å². The number of fused-ring (bicyclic) bond motifs is 1. The molecule has 0 spiro atoms. The van der Waals surface area contributed by atoms with Crippen LogP contribution in [0.1, 0.15) is 46.2 Å². The van der Waals surface area contributed by atoms with Crippen LogP contribution in [-0.4, -0.2) is 70.8 Å². The Bertz CT molecular complexity index is 1830. The lowest BCUT2D eigenvalue weighted by Gasteiger charge is -2.27. The second-order valence-corrected chi connectivity index (χ2v) is 11.9.